The number of nitrogens with zero attached hydrogens (tertiary/aromatic N) is 1. The molecule has 1 aromatic rings. The smallest absolute Gasteiger partial charge is 0.423 e. The van der Waals surface area contributed by atoms with Crippen LogP contribution >= 0.6 is 11.9 Å². The number of benzene rings is 1. The van der Waals surface area contributed by atoms with Crippen LogP contribution in [0.25, 0.3) is 0 Å². The van der Waals surface area contributed by atoms with Crippen LogP contribution in [0.4, 0.5) is 22.0 Å². The van der Waals surface area contributed by atoms with E-state index in [-0.39, 0.29) is 5.75 Å². The fourth-order valence-electron chi connectivity index (χ4n) is 2.21. The third-order valence-corrected chi connectivity index (χ3v) is 4.66. The summed E-state index contributed by atoms with van der Waals surface area (Å²) in [5.41, 5.74) is -0.0943. The molecule has 1 aliphatic heterocycles. The van der Waals surface area contributed by atoms with Crippen LogP contribution in [0.5, 0.6) is 5.75 Å². The molecular weight excluding hydrogens is 337 g/mol. The molecule has 0 radical (unpaired) electrons. The van der Waals surface area contributed by atoms with Crippen molar-refractivity contribution in [1.82, 2.24) is 4.31 Å². The predicted molar refractivity (Wildman–Crippen MR) is 79.1 cm³/mol. The molecule has 23 heavy (non-hydrogen) atoms. The largest absolute Gasteiger partial charge is 0.435 e. The molecule has 1 heterocycles. The van der Waals surface area contributed by atoms with E-state index >= 15 is 0 Å². The first-order chi connectivity index (χ1) is 10.5. The molecule has 8 heteroatoms. The minimum Gasteiger partial charge on any atom is -0.435 e. The van der Waals surface area contributed by atoms with Crippen LogP contribution in [-0.4, -0.2) is 22.6 Å². The van der Waals surface area contributed by atoms with Crippen molar-refractivity contribution in [1.29, 1.82) is 0 Å². The molecular formula is C15H16F5NOS. The summed E-state index contributed by atoms with van der Waals surface area (Å²) in [5, 5.41) is 0. The number of hydrogen-bond donors (Lipinski definition) is 0. The Hall–Kier alpha value is -1.28. The molecule has 0 bridgehead atoms. The Labute approximate surface area is 135 Å². The van der Waals surface area contributed by atoms with Crippen molar-refractivity contribution in [3.63, 3.8) is 0 Å². The Balaban J connectivity index is 2.39. The van der Waals surface area contributed by atoms with Gasteiger partial charge in [-0.3, -0.25) is 0 Å². The van der Waals surface area contributed by atoms with Gasteiger partial charge in [-0.25, -0.2) is 4.31 Å². The van der Waals surface area contributed by atoms with Crippen molar-refractivity contribution in [2.45, 2.75) is 45.1 Å². The van der Waals surface area contributed by atoms with Crippen LogP contribution in [0.2, 0.25) is 0 Å². The second-order valence-corrected chi connectivity index (χ2v) is 7.03. The Bertz CT molecular complexity index is 594. The highest BCUT2D eigenvalue weighted by molar-refractivity contribution is 8.01. The van der Waals surface area contributed by atoms with Gasteiger partial charge in [0.2, 0.25) is 0 Å². The number of hydrogen-bond acceptors (Lipinski definition) is 3. The summed E-state index contributed by atoms with van der Waals surface area (Å²) in [7, 11) is 0. The van der Waals surface area contributed by atoms with Gasteiger partial charge in [0.1, 0.15) is 10.7 Å². The molecule has 1 atom stereocenters. The molecule has 1 unspecified atom stereocenters. The average molecular weight is 353 g/mol. The lowest BCUT2D eigenvalue weighted by atomic mass is 10.0. The molecule has 0 spiro atoms. The maximum absolute atomic E-state index is 13.0. The van der Waals surface area contributed by atoms with Crippen LogP contribution in [0, 0.1) is 0 Å². The molecule has 0 amide bonds. The Kier molecular flexibility index (Phi) is 4.96. The zero-order valence-electron chi connectivity index (χ0n) is 12.7. The lowest BCUT2D eigenvalue weighted by Gasteiger charge is -2.35. The van der Waals surface area contributed by atoms with Crippen molar-refractivity contribution >= 4 is 11.9 Å². The summed E-state index contributed by atoms with van der Waals surface area (Å²) in [6.07, 6.45) is -3.34. The Morgan fingerprint density at radius 2 is 1.83 bits per heavy atom. The van der Waals surface area contributed by atoms with E-state index in [9.17, 15) is 22.0 Å². The number of alkyl halides is 5. The lowest BCUT2D eigenvalue weighted by Crippen LogP contribution is -2.36. The molecule has 0 saturated heterocycles. The summed E-state index contributed by atoms with van der Waals surface area (Å²) in [5.74, 6) is -0.0785. The number of ether oxygens (including phenoxy) is 1. The monoisotopic (exact) mass is 353 g/mol. The van der Waals surface area contributed by atoms with E-state index in [1.807, 2.05) is 0 Å². The Morgan fingerprint density at radius 3 is 2.35 bits per heavy atom. The third kappa shape index (κ3) is 4.38. The van der Waals surface area contributed by atoms with Crippen molar-refractivity contribution in [3.8, 4) is 5.75 Å². The van der Waals surface area contributed by atoms with Gasteiger partial charge in [0, 0.05) is 5.54 Å². The minimum atomic E-state index is -4.44. The van der Waals surface area contributed by atoms with E-state index in [0.29, 0.717) is 17.5 Å². The van der Waals surface area contributed by atoms with Crippen LogP contribution in [0.15, 0.2) is 35.2 Å². The zero-order valence-corrected chi connectivity index (χ0v) is 13.5. The van der Waals surface area contributed by atoms with Gasteiger partial charge in [0.05, 0.1) is 6.04 Å². The molecule has 2 rings (SSSR count). The standard InChI is InChI=1S/C15H16F5NOS/c1-14(2,3)21-11(8-12(23-21)15(18,19)20)9-5-4-6-10(7-9)22-13(16)17/h4-8,11,13H,1-3H3. The highest BCUT2D eigenvalue weighted by atomic mass is 32.2. The fraction of sp³-hybridized carbons (Fsp3) is 0.467. The summed E-state index contributed by atoms with van der Waals surface area (Å²) in [6, 6.07) is 5.08. The van der Waals surface area contributed by atoms with E-state index < -0.39 is 29.3 Å². The van der Waals surface area contributed by atoms with Crippen LogP contribution in [0.1, 0.15) is 32.4 Å². The number of halogens is 5. The summed E-state index contributed by atoms with van der Waals surface area (Å²) in [4.78, 5) is -0.711. The number of rotatable bonds is 3. The molecule has 0 N–H and O–H groups in total. The first-order valence-electron chi connectivity index (χ1n) is 6.79. The van der Waals surface area contributed by atoms with E-state index in [4.69, 9.17) is 0 Å². The molecule has 1 aromatic carbocycles. The van der Waals surface area contributed by atoms with Gasteiger partial charge < -0.3 is 4.74 Å². The van der Waals surface area contributed by atoms with Gasteiger partial charge in [0.15, 0.2) is 0 Å². The van der Waals surface area contributed by atoms with Gasteiger partial charge in [-0.05, 0) is 56.5 Å². The van der Waals surface area contributed by atoms with E-state index in [2.05, 4.69) is 4.74 Å². The van der Waals surface area contributed by atoms with Gasteiger partial charge in [0.25, 0.3) is 0 Å². The fourth-order valence-corrected chi connectivity index (χ4v) is 3.29. The highest BCUT2D eigenvalue weighted by Crippen LogP contribution is 2.51. The molecule has 0 fully saturated rings. The maximum atomic E-state index is 13.0. The Morgan fingerprint density at radius 1 is 1.17 bits per heavy atom. The zero-order chi connectivity index (χ0) is 17.4. The van der Waals surface area contributed by atoms with Crippen molar-refractivity contribution in [2.24, 2.45) is 0 Å². The topological polar surface area (TPSA) is 12.5 Å². The lowest BCUT2D eigenvalue weighted by molar-refractivity contribution is -0.0836. The second-order valence-electron chi connectivity index (χ2n) is 6.01. The summed E-state index contributed by atoms with van der Waals surface area (Å²) in [6.45, 7) is 2.39. The van der Waals surface area contributed by atoms with Gasteiger partial charge >= 0.3 is 12.8 Å². The van der Waals surface area contributed by atoms with Crippen LogP contribution < -0.4 is 4.74 Å². The quantitative estimate of drug-likeness (QED) is 0.523. The molecule has 128 valence electrons. The molecule has 1 aliphatic rings. The van der Waals surface area contributed by atoms with Crippen LogP contribution in [0.3, 0.4) is 0 Å². The van der Waals surface area contributed by atoms with Crippen molar-refractivity contribution in [3.05, 3.63) is 40.8 Å². The van der Waals surface area contributed by atoms with E-state index in [0.717, 1.165) is 6.08 Å². The molecule has 0 aliphatic carbocycles. The summed E-state index contributed by atoms with van der Waals surface area (Å²) < 4.78 is 69.6. The molecule has 0 aromatic heterocycles. The SMILES string of the molecule is CC(C)(C)N1SC(C(F)(F)F)=CC1c1cccc(OC(F)F)c1. The average Bonchev–Trinajstić information content (AvgIpc) is 2.82. The first-order valence-corrected chi connectivity index (χ1v) is 7.57. The van der Waals surface area contributed by atoms with Gasteiger partial charge in [-0.2, -0.15) is 22.0 Å². The number of allylic oxidation sites excluding steroid dienone is 1. The first kappa shape index (κ1) is 18.1. The molecule has 0 saturated carbocycles. The van der Waals surface area contributed by atoms with Gasteiger partial charge in [-0.15, -0.1) is 0 Å². The van der Waals surface area contributed by atoms with E-state index in [1.165, 1.54) is 18.2 Å². The predicted octanol–water partition coefficient (Wildman–Crippen LogP) is 5.54. The normalized spacial score (nSPS) is 20.0. The highest BCUT2D eigenvalue weighted by Gasteiger charge is 2.45. The van der Waals surface area contributed by atoms with E-state index in [1.54, 1.807) is 31.1 Å². The molecule has 2 nitrogen and oxygen atoms in total. The third-order valence-electron chi connectivity index (χ3n) is 3.12. The second kappa shape index (κ2) is 6.32. The van der Waals surface area contributed by atoms with Crippen LogP contribution in [-0.2, 0) is 0 Å². The minimum absolute atomic E-state index is 0.0785. The van der Waals surface area contributed by atoms with Crippen molar-refractivity contribution in [2.75, 3.05) is 0 Å². The maximum Gasteiger partial charge on any atom is 0.423 e. The summed E-state index contributed by atoms with van der Waals surface area (Å²) >= 11 is 0.628. The van der Waals surface area contributed by atoms with Crippen molar-refractivity contribution < 1.29 is 26.7 Å². The van der Waals surface area contributed by atoms with Gasteiger partial charge in [-0.1, -0.05) is 12.1 Å².